The van der Waals surface area contributed by atoms with E-state index in [2.05, 4.69) is 24.0 Å². The first-order valence-electron chi connectivity index (χ1n) is 7.19. The van der Waals surface area contributed by atoms with Gasteiger partial charge in [0.2, 0.25) is 17.7 Å². The number of aromatic nitrogens is 2. The lowest BCUT2D eigenvalue weighted by atomic mass is 10.1. The van der Waals surface area contributed by atoms with Crippen molar-refractivity contribution in [1.29, 1.82) is 0 Å². The number of rotatable bonds is 4. The Kier molecular flexibility index (Phi) is 4.29. The minimum atomic E-state index is -0.509. The average Bonchev–Trinajstić information content (AvgIpc) is 2.85. The van der Waals surface area contributed by atoms with Crippen LogP contribution in [0.1, 0.15) is 39.4 Å². The van der Waals surface area contributed by atoms with Gasteiger partial charge in [-0.1, -0.05) is 19.0 Å². The van der Waals surface area contributed by atoms with Crippen LogP contribution in [-0.4, -0.2) is 50.9 Å². The topological polar surface area (TPSA) is 79.5 Å². The number of hydrogen-bond acceptors (Lipinski definition) is 5. The van der Waals surface area contributed by atoms with Crippen molar-refractivity contribution in [3.63, 3.8) is 0 Å². The molecule has 1 aliphatic heterocycles. The van der Waals surface area contributed by atoms with E-state index in [1.54, 1.807) is 20.9 Å². The van der Waals surface area contributed by atoms with E-state index in [4.69, 9.17) is 4.52 Å². The van der Waals surface area contributed by atoms with Crippen molar-refractivity contribution < 1.29 is 14.1 Å². The predicted molar refractivity (Wildman–Crippen MR) is 75.1 cm³/mol. The number of nitrogens with zero attached hydrogens (tertiary/aromatic N) is 4. The molecule has 2 amide bonds. The molecule has 2 atom stereocenters. The fourth-order valence-corrected chi connectivity index (χ4v) is 2.37. The maximum Gasteiger partial charge on any atom is 0.246 e. The zero-order chi connectivity index (χ0) is 15.7. The van der Waals surface area contributed by atoms with Crippen molar-refractivity contribution in [3.05, 3.63) is 11.7 Å². The summed E-state index contributed by atoms with van der Waals surface area (Å²) in [5.74, 6) is 1.25. The van der Waals surface area contributed by atoms with Gasteiger partial charge in [0.15, 0.2) is 5.82 Å². The van der Waals surface area contributed by atoms with E-state index in [1.165, 1.54) is 9.80 Å². The van der Waals surface area contributed by atoms with Crippen LogP contribution in [-0.2, 0) is 22.6 Å². The van der Waals surface area contributed by atoms with E-state index in [0.717, 1.165) is 0 Å². The van der Waals surface area contributed by atoms with E-state index < -0.39 is 12.1 Å². The molecule has 0 aromatic carbocycles. The second-order valence-electron chi connectivity index (χ2n) is 5.97. The van der Waals surface area contributed by atoms with Crippen molar-refractivity contribution >= 4 is 11.8 Å². The second-order valence-corrected chi connectivity index (χ2v) is 5.97. The van der Waals surface area contributed by atoms with Gasteiger partial charge in [0, 0.05) is 13.5 Å². The molecule has 1 aromatic rings. The Morgan fingerprint density at radius 2 is 1.86 bits per heavy atom. The second kappa shape index (κ2) is 5.83. The van der Waals surface area contributed by atoms with Gasteiger partial charge in [-0.05, 0) is 19.8 Å². The van der Waals surface area contributed by atoms with Crippen molar-refractivity contribution in [2.24, 2.45) is 5.92 Å². The summed E-state index contributed by atoms with van der Waals surface area (Å²) in [4.78, 5) is 31.7. The van der Waals surface area contributed by atoms with Gasteiger partial charge < -0.3 is 14.3 Å². The summed E-state index contributed by atoms with van der Waals surface area (Å²) in [6.07, 6.45) is 0.703. The van der Waals surface area contributed by atoms with Crippen LogP contribution < -0.4 is 0 Å². The molecular formula is C14H22N4O3. The molecule has 7 heteroatoms. The molecule has 1 saturated heterocycles. The van der Waals surface area contributed by atoms with Crippen molar-refractivity contribution in [1.82, 2.24) is 19.9 Å². The van der Waals surface area contributed by atoms with Gasteiger partial charge in [0.25, 0.3) is 0 Å². The third-order valence-electron chi connectivity index (χ3n) is 3.80. The van der Waals surface area contributed by atoms with E-state index in [0.29, 0.717) is 24.1 Å². The van der Waals surface area contributed by atoms with Crippen LogP contribution in [0.2, 0.25) is 0 Å². The predicted octanol–water partition coefficient (Wildman–Crippen LogP) is 0.846. The Balaban J connectivity index is 2.12. The molecule has 21 heavy (non-hydrogen) atoms. The van der Waals surface area contributed by atoms with Crippen LogP contribution in [0.5, 0.6) is 0 Å². The summed E-state index contributed by atoms with van der Waals surface area (Å²) in [6, 6.07) is -0.971. The van der Waals surface area contributed by atoms with Crippen LogP contribution in [0.25, 0.3) is 0 Å². The standard InChI is InChI=1S/C14H22N4O3/c1-8(2)6-12-15-11(16-21-12)7-18-10(4)13(19)17(5)9(3)14(18)20/h8-10H,6-7H2,1-5H3/t9-,10-/m0/s1. The number of carbonyl (C=O) groups is 2. The summed E-state index contributed by atoms with van der Waals surface area (Å²) in [5.41, 5.74) is 0. The number of likely N-dealkylation sites (N-methyl/N-ethyl adjacent to an activating group) is 1. The Morgan fingerprint density at radius 1 is 1.19 bits per heavy atom. The maximum atomic E-state index is 12.3. The number of amides is 2. The highest BCUT2D eigenvalue weighted by Crippen LogP contribution is 2.18. The van der Waals surface area contributed by atoms with Crippen molar-refractivity contribution in [3.8, 4) is 0 Å². The van der Waals surface area contributed by atoms with Gasteiger partial charge in [-0.15, -0.1) is 0 Å². The minimum Gasteiger partial charge on any atom is -0.339 e. The fourth-order valence-electron chi connectivity index (χ4n) is 2.37. The maximum absolute atomic E-state index is 12.3. The van der Waals surface area contributed by atoms with Crippen LogP contribution in [0.3, 0.4) is 0 Å². The first kappa shape index (κ1) is 15.5. The first-order valence-corrected chi connectivity index (χ1v) is 7.19. The zero-order valence-electron chi connectivity index (χ0n) is 13.2. The van der Waals surface area contributed by atoms with Gasteiger partial charge in [0.1, 0.15) is 12.1 Å². The number of carbonyl (C=O) groups excluding carboxylic acids is 2. The molecule has 0 saturated carbocycles. The summed E-state index contributed by atoms with van der Waals surface area (Å²) < 4.78 is 5.17. The van der Waals surface area contributed by atoms with E-state index in [-0.39, 0.29) is 18.4 Å². The van der Waals surface area contributed by atoms with Gasteiger partial charge >= 0.3 is 0 Å². The van der Waals surface area contributed by atoms with Gasteiger partial charge in [-0.3, -0.25) is 9.59 Å². The van der Waals surface area contributed by atoms with Crippen LogP contribution in [0, 0.1) is 5.92 Å². The molecule has 0 unspecified atom stereocenters. The van der Waals surface area contributed by atoms with Gasteiger partial charge in [0.05, 0.1) is 6.54 Å². The Bertz CT molecular complexity index is 540. The lowest BCUT2D eigenvalue weighted by molar-refractivity contribution is -0.159. The molecular weight excluding hydrogens is 272 g/mol. The van der Waals surface area contributed by atoms with Crippen LogP contribution >= 0.6 is 0 Å². The van der Waals surface area contributed by atoms with Gasteiger partial charge in [-0.2, -0.15) is 4.98 Å². The summed E-state index contributed by atoms with van der Waals surface area (Å²) in [7, 11) is 1.65. The van der Waals surface area contributed by atoms with E-state index >= 15 is 0 Å². The molecule has 1 fully saturated rings. The molecule has 2 rings (SSSR count). The quantitative estimate of drug-likeness (QED) is 0.822. The first-order chi connectivity index (χ1) is 9.81. The third kappa shape index (κ3) is 3.06. The molecule has 0 bridgehead atoms. The molecule has 7 nitrogen and oxygen atoms in total. The lowest BCUT2D eigenvalue weighted by Gasteiger charge is -2.40. The Labute approximate surface area is 124 Å². The Morgan fingerprint density at radius 3 is 2.48 bits per heavy atom. The molecule has 1 aromatic heterocycles. The van der Waals surface area contributed by atoms with Crippen molar-refractivity contribution in [2.75, 3.05) is 7.05 Å². The highest BCUT2D eigenvalue weighted by Gasteiger charge is 2.40. The van der Waals surface area contributed by atoms with Crippen LogP contribution in [0.15, 0.2) is 4.52 Å². The monoisotopic (exact) mass is 294 g/mol. The Hall–Kier alpha value is -1.92. The molecule has 0 spiro atoms. The summed E-state index contributed by atoms with van der Waals surface area (Å²) >= 11 is 0. The highest BCUT2D eigenvalue weighted by molar-refractivity contribution is 5.96. The van der Waals surface area contributed by atoms with E-state index in [9.17, 15) is 9.59 Å². The SMILES string of the molecule is CC(C)Cc1nc(CN2C(=O)[C@H](C)N(C)C(=O)[C@@H]2C)no1. The minimum absolute atomic E-state index is 0.0759. The molecule has 2 heterocycles. The molecule has 1 aliphatic rings. The summed E-state index contributed by atoms with van der Waals surface area (Å²) in [6.45, 7) is 7.77. The summed E-state index contributed by atoms with van der Waals surface area (Å²) in [5, 5.41) is 3.90. The lowest BCUT2D eigenvalue weighted by Crippen LogP contribution is -2.61. The number of hydrogen-bond donors (Lipinski definition) is 0. The normalized spacial score (nSPS) is 23.3. The third-order valence-corrected chi connectivity index (χ3v) is 3.80. The smallest absolute Gasteiger partial charge is 0.246 e. The molecule has 116 valence electrons. The zero-order valence-corrected chi connectivity index (χ0v) is 13.2. The fraction of sp³-hybridized carbons (Fsp3) is 0.714. The average molecular weight is 294 g/mol. The molecule has 0 aliphatic carbocycles. The largest absolute Gasteiger partial charge is 0.339 e. The highest BCUT2D eigenvalue weighted by atomic mass is 16.5. The van der Waals surface area contributed by atoms with Gasteiger partial charge in [-0.25, -0.2) is 0 Å². The molecule has 0 N–H and O–H groups in total. The molecule has 0 radical (unpaired) electrons. The van der Waals surface area contributed by atoms with Crippen LogP contribution in [0.4, 0.5) is 0 Å². The number of piperazine rings is 1. The van der Waals surface area contributed by atoms with Crippen molar-refractivity contribution in [2.45, 2.75) is 52.7 Å². The van der Waals surface area contributed by atoms with E-state index in [1.807, 2.05) is 0 Å².